The maximum Gasteiger partial charge on any atom is 0.170 e. The van der Waals surface area contributed by atoms with E-state index in [-0.39, 0.29) is 0 Å². The fraction of sp³-hybridized carbons (Fsp3) is 0.462. The van der Waals surface area contributed by atoms with Crippen LogP contribution in [0.4, 0.5) is 0 Å². The molecule has 0 spiro atoms. The Kier molecular flexibility index (Phi) is 2.73. The molecule has 1 aromatic carbocycles. The van der Waals surface area contributed by atoms with Crippen LogP contribution in [0.5, 0.6) is 5.75 Å². The summed E-state index contributed by atoms with van der Waals surface area (Å²) in [7, 11) is 0. The van der Waals surface area contributed by atoms with Crippen molar-refractivity contribution in [1.82, 2.24) is 10.5 Å². The molecule has 4 heteroatoms. The van der Waals surface area contributed by atoms with Gasteiger partial charge in [-0.1, -0.05) is 11.2 Å². The van der Waals surface area contributed by atoms with Crippen molar-refractivity contribution in [2.75, 3.05) is 19.7 Å². The molecule has 0 amide bonds. The number of rotatable bonds is 3. The molecule has 0 radical (unpaired) electrons. The molecule has 1 saturated heterocycles. The van der Waals surface area contributed by atoms with Gasteiger partial charge in [-0.2, -0.15) is 0 Å². The summed E-state index contributed by atoms with van der Waals surface area (Å²) in [5, 5.41) is 8.31. The number of nitrogens with one attached hydrogen (secondary N) is 1. The number of ether oxygens (including phenoxy) is 1. The Morgan fingerprint density at radius 1 is 1.53 bits per heavy atom. The zero-order valence-corrected chi connectivity index (χ0v) is 9.90. The maximum atomic E-state index is 5.90. The van der Waals surface area contributed by atoms with Crippen LogP contribution in [-0.2, 0) is 0 Å². The smallest absolute Gasteiger partial charge is 0.170 e. The molecule has 1 N–H and O–H groups in total. The molecule has 0 bridgehead atoms. The number of fused-ring (bicyclic) bond motifs is 1. The summed E-state index contributed by atoms with van der Waals surface area (Å²) in [6.07, 6.45) is 1.19. The molecule has 1 fully saturated rings. The topological polar surface area (TPSA) is 47.3 Å². The zero-order chi connectivity index (χ0) is 11.7. The van der Waals surface area contributed by atoms with E-state index in [1.54, 1.807) is 0 Å². The van der Waals surface area contributed by atoms with Crippen LogP contribution in [-0.4, -0.2) is 24.9 Å². The fourth-order valence-electron chi connectivity index (χ4n) is 2.29. The highest BCUT2D eigenvalue weighted by atomic mass is 16.5. The molecule has 1 aliphatic heterocycles. The van der Waals surface area contributed by atoms with E-state index in [1.165, 1.54) is 6.42 Å². The van der Waals surface area contributed by atoms with Gasteiger partial charge in [-0.15, -0.1) is 0 Å². The second kappa shape index (κ2) is 4.37. The van der Waals surface area contributed by atoms with Gasteiger partial charge in [0.25, 0.3) is 0 Å². The van der Waals surface area contributed by atoms with Crippen molar-refractivity contribution in [2.45, 2.75) is 13.3 Å². The van der Waals surface area contributed by atoms with Gasteiger partial charge in [-0.25, -0.2) is 0 Å². The Balaban J connectivity index is 1.81. The lowest BCUT2D eigenvalue weighted by Gasteiger charge is -2.11. The predicted octanol–water partition coefficient (Wildman–Crippen LogP) is 2.12. The van der Waals surface area contributed by atoms with Gasteiger partial charge in [-0.3, -0.25) is 0 Å². The SMILES string of the molecule is Cc1noc2cccc(OCC3CCNC3)c12. The van der Waals surface area contributed by atoms with Gasteiger partial charge < -0.3 is 14.6 Å². The Bertz CT molecular complexity index is 515. The third-order valence-electron chi connectivity index (χ3n) is 3.27. The second-order valence-electron chi connectivity index (χ2n) is 4.57. The van der Waals surface area contributed by atoms with E-state index in [1.807, 2.05) is 25.1 Å². The lowest BCUT2D eigenvalue weighted by molar-refractivity contribution is 0.263. The number of hydrogen-bond donors (Lipinski definition) is 1. The summed E-state index contributed by atoms with van der Waals surface area (Å²) in [4.78, 5) is 0. The van der Waals surface area contributed by atoms with Crippen molar-refractivity contribution in [2.24, 2.45) is 5.92 Å². The van der Waals surface area contributed by atoms with Crippen LogP contribution in [0.15, 0.2) is 22.7 Å². The van der Waals surface area contributed by atoms with Crippen molar-refractivity contribution < 1.29 is 9.26 Å². The number of benzene rings is 1. The van der Waals surface area contributed by atoms with E-state index in [9.17, 15) is 0 Å². The van der Waals surface area contributed by atoms with Gasteiger partial charge in [0.15, 0.2) is 5.58 Å². The molecule has 1 unspecified atom stereocenters. The first-order valence-electron chi connectivity index (χ1n) is 6.03. The minimum absolute atomic E-state index is 0.616. The van der Waals surface area contributed by atoms with Crippen LogP contribution in [0.25, 0.3) is 11.0 Å². The fourth-order valence-corrected chi connectivity index (χ4v) is 2.29. The lowest BCUT2D eigenvalue weighted by atomic mass is 10.1. The molecule has 2 heterocycles. The molecule has 1 aliphatic rings. The quantitative estimate of drug-likeness (QED) is 0.880. The van der Waals surface area contributed by atoms with Crippen molar-refractivity contribution in [3.8, 4) is 5.75 Å². The summed E-state index contributed by atoms with van der Waals surface area (Å²) in [6.45, 7) is 4.86. The second-order valence-corrected chi connectivity index (χ2v) is 4.57. The minimum Gasteiger partial charge on any atom is -0.492 e. The molecule has 90 valence electrons. The highest BCUT2D eigenvalue weighted by molar-refractivity contribution is 5.85. The normalized spacial score (nSPS) is 19.9. The first-order valence-corrected chi connectivity index (χ1v) is 6.03. The van der Waals surface area contributed by atoms with Crippen LogP contribution in [0.3, 0.4) is 0 Å². The van der Waals surface area contributed by atoms with Crippen LogP contribution >= 0.6 is 0 Å². The van der Waals surface area contributed by atoms with Crippen molar-refractivity contribution in [1.29, 1.82) is 0 Å². The largest absolute Gasteiger partial charge is 0.492 e. The molecule has 2 aromatic rings. The van der Waals surface area contributed by atoms with Gasteiger partial charge in [0.1, 0.15) is 5.75 Å². The summed E-state index contributed by atoms with van der Waals surface area (Å²) >= 11 is 0. The Morgan fingerprint density at radius 2 is 2.47 bits per heavy atom. The van der Waals surface area contributed by atoms with Gasteiger partial charge in [-0.05, 0) is 32.0 Å². The van der Waals surface area contributed by atoms with Crippen LogP contribution < -0.4 is 10.1 Å². The number of aryl methyl sites for hydroxylation is 1. The molecule has 17 heavy (non-hydrogen) atoms. The predicted molar refractivity (Wildman–Crippen MR) is 65.2 cm³/mol. The third-order valence-corrected chi connectivity index (χ3v) is 3.27. The molecule has 4 nitrogen and oxygen atoms in total. The van der Waals surface area contributed by atoms with Crippen molar-refractivity contribution in [3.05, 3.63) is 23.9 Å². The summed E-state index contributed by atoms with van der Waals surface area (Å²) in [5.74, 6) is 1.50. The standard InChI is InChI=1S/C13H16N2O2/c1-9-13-11(3-2-4-12(13)17-15-9)16-8-10-5-6-14-7-10/h2-4,10,14H,5-8H2,1H3. The molecule has 0 saturated carbocycles. The van der Waals surface area contributed by atoms with E-state index in [4.69, 9.17) is 9.26 Å². The number of aromatic nitrogens is 1. The average Bonchev–Trinajstić information content (AvgIpc) is 2.97. The van der Waals surface area contributed by atoms with Gasteiger partial charge in [0.2, 0.25) is 0 Å². The van der Waals surface area contributed by atoms with E-state index in [0.717, 1.165) is 42.1 Å². The highest BCUT2D eigenvalue weighted by Gasteiger charge is 2.16. The average molecular weight is 232 g/mol. The third kappa shape index (κ3) is 2.00. The number of hydrogen-bond acceptors (Lipinski definition) is 4. The first-order chi connectivity index (χ1) is 8.34. The Labute approximate surface area is 99.9 Å². The van der Waals surface area contributed by atoms with Crippen molar-refractivity contribution >= 4 is 11.0 Å². The zero-order valence-electron chi connectivity index (χ0n) is 9.90. The van der Waals surface area contributed by atoms with E-state index < -0.39 is 0 Å². The van der Waals surface area contributed by atoms with E-state index in [2.05, 4.69) is 10.5 Å². The molecular weight excluding hydrogens is 216 g/mol. The molecule has 0 aliphatic carbocycles. The van der Waals surface area contributed by atoms with Crippen LogP contribution in [0.2, 0.25) is 0 Å². The Morgan fingerprint density at radius 3 is 3.29 bits per heavy atom. The summed E-state index contributed by atoms with van der Waals surface area (Å²) in [5.41, 5.74) is 1.68. The van der Waals surface area contributed by atoms with Crippen molar-refractivity contribution in [3.63, 3.8) is 0 Å². The monoisotopic (exact) mass is 232 g/mol. The maximum absolute atomic E-state index is 5.90. The van der Waals surface area contributed by atoms with Gasteiger partial charge in [0, 0.05) is 12.5 Å². The summed E-state index contributed by atoms with van der Waals surface area (Å²) < 4.78 is 11.1. The molecule has 1 aromatic heterocycles. The number of nitrogens with zero attached hydrogens (tertiary/aromatic N) is 1. The summed E-state index contributed by atoms with van der Waals surface area (Å²) in [6, 6.07) is 5.84. The highest BCUT2D eigenvalue weighted by Crippen LogP contribution is 2.28. The van der Waals surface area contributed by atoms with Gasteiger partial charge in [0.05, 0.1) is 17.7 Å². The van der Waals surface area contributed by atoms with Gasteiger partial charge >= 0.3 is 0 Å². The molecular formula is C13H16N2O2. The van der Waals surface area contributed by atoms with Crippen LogP contribution in [0.1, 0.15) is 12.1 Å². The van der Waals surface area contributed by atoms with E-state index >= 15 is 0 Å². The first kappa shape index (κ1) is 10.6. The van der Waals surface area contributed by atoms with E-state index in [0.29, 0.717) is 5.92 Å². The minimum atomic E-state index is 0.616. The lowest BCUT2D eigenvalue weighted by Crippen LogP contribution is -2.15. The van der Waals surface area contributed by atoms with Crippen LogP contribution in [0, 0.1) is 12.8 Å². The molecule has 1 atom stereocenters. The molecule has 3 rings (SSSR count). The Hall–Kier alpha value is -1.55.